The van der Waals surface area contributed by atoms with Crippen LogP contribution in [-0.4, -0.2) is 19.5 Å². The van der Waals surface area contributed by atoms with E-state index in [0.717, 1.165) is 39.9 Å². The molecule has 0 amide bonds. The Bertz CT molecular complexity index is 2540. The number of hydrogen-bond acceptors (Lipinski definition) is 3. The molecule has 242 valence electrons. The summed E-state index contributed by atoms with van der Waals surface area (Å²) in [6.45, 7) is 9.39. The molecule has 0 saturated heterocycles. The van der Waals surface area contributed by atoms with Crippen molar-refractivity contribution in [2.24, 2.45) is 0 Å². The number of rotatable bonds is 5. The van der Waals surface area contributed by atoms with Gasteiger partial charge >= 0.3 is 0 Å². The highest BCUT2D eigenvalue weighted by atomic mass is 15.0. The zero-order valence-corrected chi connectivity index (χ0v) is 28.9. The molecule has 0 spiro atoms. The lowest BCUT2D eigenvalue weighted by molar-refractivity contribution is 0.403. The van der Waals surface area contributed by atoms with Gasteiger partial charge in [0.1, 0.15) is 0 Å². The van der Waals surface area contributed by atoms with Gasteiger partial charge in [-0.2, -0.15) is 0 Å². The maximum absolute atomic E-state index is 5.10. The van der Waals surface area contributed by atoms with Crippen LogP contribution in [0, 0.1) is 0 Å². The van der Waals surface area contributed by atoms with Crippen LogP contribution in [0.2, 0.25) is 0 Å². The Morgan fingerprint density at radius 2 is 0.940 bits per heavy atom. The Kier molecular flexibility index (Phi) is 6.86. The van der Waals surface area contributed by atoms with E-state index in [0.29, 0.717) is 17.5 Å². The molecule has 1 aliphatic rings. The Balaban J connectivity index is 1.14. The van der Waals surface area contributed by atoms with E-state index < -0.39 is 0 Å². The molecule has 0 fully saturated rings. The number of fused-ring (bicyclic) bond motifs is 4. The van der Waals surface area contributed by atoms with Crippen molar-refractivity contribution in [1.29, 1.82) is 0 Å². The fourth-order valence-corrected chi connectivity index (χ4v) is 8.30. The zero-order valence-electron chi connectivity index (χ0n) is 28.9. The van der Waals surface area contributed by atoms with E-state index in [1.807, 2.05) is 18.2 Å². The van der Waals surface area contributed by atoms with E-state index in [9.17, 15) is 0 Å². The normalized spacial score (nSPS) is 14.6. The Labute approximate surface area is 293 Å². The molecule has 0 saturated carbocycles. The van der Waals surface area contributed by atoms with Crippen LogP contribution in [0.1, 0.15) is 45.2 Å². The van der Waals surface area contributed by atoms with Crippen LogP contribution in [0.3, 0.4) is 0 Å². The molecule has 50 heavy (non-hydrogen) atoms. The van der Waals surface area contributed by atoms with Crippen molar-refractivity contribution in [3.05, 3.63) is 157 Å². The van der Waals surface area contributed by atoms with Crippen molar-refractivity contribution in [2.75, 3.05) is 0 Å². The van der Waals surface area contributed by atoms with Crippen LogP contribution in [0.5, 0.6) is 0 Å². The second-order valence-corrected chi connectivity index (χ2v) is 14.9. The highest BCUT2D eigenvalue weighted by molar-refractivity contribution is 6.10. The molecule has 0 radical (unpaired) electrons. The van der Waals surface area contributed by atoms with Crippen molar-refractivity contribution < 1.29 is 0 Å². The molecule has 0 unspecified atom stereocenters. The highest BCUT2D eigenvalue weighted by Crippen LogP contribution is 2.50. The first-order chi connectivity index (χ1) is 24.2. The summed E-state index contributed by atoms with van der Waals surface area (Å²) in [5.74, 6) is 2.04. The topological polar surface area (TPSA) is 43.6 Å². The first-order valence-corrected chi connectivity index (χ1v) is 17.4. The third-order valence-electron chi connectivity index (χ3n) is 10.5. The molecule has 9 rings (SSSR count). The Morgan fingerprint density at radius 1 is 0.420 bits per heavy atom. The molecule has 0 bridgehead atoms. The molecular weight excluding hydrogens is 609 g/mol. The molecule has 8 aromatic rings. The van der Waals surface area contributed by atoms with Gasteiger partial charge < -0.3 is 4.57 Å². The minimum Gasteiger partial charge on any atom is -0.309 e. The number of hydrogen-bond donors (Lipinski definition) is 0. The SMILES string of the molecule is CC1(C)CC(C)(C)c2cc(-c3nc(-c4ccccc4)nc(-c4ccc(-c5ccc6c7ccccc7n(-c7ccccc7)c6c5)cc4)n3)ccc21. The molecule has 0 aliphatic heterocycles. The van der Waals surface area contributed by atoms with Gasteiger partial charge in [-0.3, -0.25) is 0 Å². The third-order valence-corrected chi connectivity index (χ3v) is 10.5. The summed E-state index contributed by atoms with van der Waals surface area (Å²) in [6.07, 6.45) is 1.12. The Morgan fingerprint density at radius 3 is 1.66 bits per heavy atom. The number of para-hydroxylation sites is 2. The van der Waals surface area contributed by atoms with Gasteiger partial charge in [-0.15, -0.1) is 0 Å². The maximum atomic E-state index is 5.10. The van der Waals surface area contributed by atoms with E-state index in [2.05, 4.69) is 160 Å². The minimum atomic E-state index is 0.0846. The molecule has 1 aliphatic carbocycles. The molecule has 6 aromatic carbocycles. The van der Waals surface area contributed by atoms with Gasteiger partial charge in [-0.1, -0.05) is 143 Å². The average Bonchev–Trinajstić information content (AvgIpc) is 3.58. The molecule has 2 aromatic heterocycles. The van der Waals surface area contributed by atoms with Crippen LogP contribution in [0.15, 0.2) is 146 Å². The van der Waals surface area contributed by atoms with Crippen molar-refractivity contribution in [1.82, 2.24) is 19.5 Å². The molecule has 4 heteroatoms. The van der Waals surface area contributed by atoms with E-state index in [1.165, 1.54) is 32.9 Å². The molecule has 0 N–H and O–H groups in total. The summed E-state index contributed by atoms with van der Waals surface area (Å²) in [6, 6.07) is 51.6. The van der Waals surface area contributed by atoms with Crippen LogP contribution in [-0.2, 0) is 10.8 Å². The average molecular weight is 647 g/mol. The van der Waals surface area contributed by atoms with Crippen molar-refractivity contribution >= 4 is 21.8 Å². The second-order valence-electron chi connectivity index (χ2n) is 14.9. The summed E-state index contributed by atoms with van der Waals surface area (Å²) >= 11 is 0. The zero-order chi connectivity index (χ0) is 34.0. The Hall–Kier alpha value is -5.87. The quantitative estimate of drug-likeness (QED) is 0.187. The summed E-state index contributed by atoms with van der Waals surface area (Å²) in [7, 11) is 0. The van der Waals surface area contributed by atoms with Gasteiger partial charge in [0.2, 0.25) is 0 Å². The first-order valence-electron chi connectivity index (χ1n) is 17.4. The number of nitrogens with zero attached hydrogens (tertiary/aromatic N) is 4. The van der Waals surface area contributed by atoms with E-state index in [1.54, 1.807) is 0 Å². The lowest BCUT2D eigenvalue weighted by Crippen LogP contribution is -2.17. The predicted molar refractivity (Wildman–Crippen MR) is 207 cm³/mol. The van der Waals surface area contributed by atoms with Gasteiger partial charge in [-0.05, 0) is 69.8 Å². The fourth-order valence-electron chi connectivity index (χ4n) is 8.30. The number of benzene rings is 6. The van der Waals surface area contributed by atoms with Crippen molar-refractivity contribution in [2.45, 2.75) is 44.9 Å². The van der Waals surface area contributed by atoms with E-state index >= 15 is 0 Å². The monoisotopic (exact) mass is 646 g/mol. The van der Waals surface area contributed by atoms with E-state index in [-0.39, 0.29) is 10.8 Å². The van der Waals surface area contributed by atoms with Crippen molar-refractivity contribution in [3.8, 4) is 51.0 Å². The van der Waals surface area contributed by atoms with Gasteiger partial charge in [-0.25, -0.2) is 15.0 Å². The molecule has 0 atom stereocenters. The second kappa shape index (κ2) is 11.3. The van der Waals surface area contributed by atoms with Gasteiger partial charge in [0.25, 0.3) is 0 Å². The lowest BCUT2D eigenvalue weighted by atomic mass is 9.82. The molecule has 4 nitrogen and oxygen atoms in total. The fraction of sp³-hybridized carbons (Fsp3) is 0.152. The third kappa shape index (κ3) is 5.02. The van der Waals surface area contributed by atoms with E-state index in [4.69, 9.17) is 15.0 Å². The summed E-state index contributed by atoms with van der Waals surface area (Å²) in [5, 5.41) is 2.50. The van der Waals surface area contributed by atoms with Gasteiger partial charge in [0, 0.05) is 33.2 Å². The van der Waals surface area contributed by atoms with Crippen molar-refractivity contribution in [3.63, 3.8) is 0 Å². The summed E-state index contributed by atoms with van der Waals surface area (Å²) < 4.78 is 2.36. The largest absolute Gasteiger partial charge is 0.309 e. The van der Waals surface area contributed by atoms with Crippen LogP contribution < -0.4 is 0 Å². The van der Waals surface area contributed by atoms with Crippen LogP contribution in [0.4, 0.5) is 0 Å². The minimum absolute atomic E-state index is 0.0846. The number of aromatic nitrogens is 4. The molecule has 2 heterocycles. The summed E-state index contributed by atoms with van der Waals surface area (Å²) in [5.41, 5.74) is 11.8. The smallest absolute Gasteiger partial charge is 0.164 e. The summed E-state index contributed by atoms with van der Waals surface area (Å²) in [4.78, 5) is 15.1. The first kappa shape index (κ1) is 30.2. The van der Waals surface area contributed by atoms with Gasteiger partial charge in [0.15, 0.2) is 17.5 Å². The van der Waals surface area contributed by atoms with Crippen LogP contribution in [0.25, 0.3) is 72.8 Å². The highest BCUT2D eigenvalue weighted by Gasteiger charge is 2.41. The lowest BCUT2D eigenvalue weighted by Gasteiger charge is -2.22. The van der Waals surface area contributed by atoms with Gasteiger partial charge in [0.05, 0.1) is 11.0 Å². The maximum Gasteiger partial charge on any atom is 0.164 e. The standard InChI is InChI=1S/C46H38N4/c1-45(2)29-46(3,4)39-27-34(24-26-38(39)45)44-48-42(31-13-7-5-8-14-31)47-43(49-44)32-21-19-30(20-22-32)33-23-25-37-36-17-11-12-18-40(36)50(41(37)28-33)35-15-9-6-10-16-35/h5-28H,29H2,1-4H3. The predicted octanol–water partition coefficient (Wildman–Crippen LogP) is 11.6. The molecular formula is C46H38N4. The van der Waals surface area contributed by atoms with Crippen LogP contribution >= 0.6 is 0 Å².